The average Bonchev–Trinajstić information content (AvgIpc) is 2.18. The van der Waals surface area contributed by atoms with E-state index in [-0.39, 0.29) is 11.5 Å². The van der Waals surface area contributed by atoms with E-state index in [0.29, 0.717) is 0 Å². The fourth-order valence-corrected chi connectivity index (χ4v) is 0.905. The summed E-state index contributed by atoms with van der Waals surface area (Å²) >= 11 is 0. The van der Waals surface area contributed by atoms with Gasteiger partial charge in [0.15, 0.2) is 0 Å². The van der Waals surface area contributed by atoms with Crippen molar-refractivity contribution in [3.63, 3.8) is 0 Å². The molecule has 0 saturated heterocycles. The van der Waals surface area contributed by atoms with Crippen LogP contribution in [0.25, 0.3) is 0 Å². The summed E-state index contributed by atoms with van der Waals surface area (Å²) in [5.41, 5.74) is 4.93. The third-order valence-corrected chi connectivity index (χ3v) is 1.75. The second-order valence-corrected chi connectivity index (χ2v) is 2.92. The van der Waals surface area contributed by atoms with Crippen molar-refractivity contribution in [3.05, 3.63) is 28.4 Å². The number of nitro groups is 1. The zero-order chi connectivity index (χ0) is 11.4. The zero-order valence-electron chi connectivity index (χ0n) is 8.01. The molecule has 1 rings (SSSR count). The van der Waals surface area contributed by atoms with Gasteiger partial charge in [0.25, 0.3) is 5.69 Å². The van der Waals surface area contributed by atoms with Gasteiger partial charge in [-0.2, -0.15) is 0 Å². The van der Waals surface area contributed by atoms with Crippen molar-refractivity contribution in [1.29, 1.82) is 0 Å². The summed E-state index contributed by atoms with van der Waals surface area (Å²) in [6.07, 6.45) is 1.29. The summed E-state index contributed by atoms with van der Waals surface area (Å²) in [5, 5.41) is 13.1. The number of nitrogens with zero attached hydrogens (tertiary/aromatic N) is 2. The summed E-state index contributed by atoms with van der Waals surface area (Å²) in [7, 11) is 0. The molecule has 1 atom stereocenters. The molecule has 0 spiro atoms. The van der Waals surface area contributed by atoms with Gasteiger partial charge >= 0.3 is 0 Å². The molecule has 7 heteroatoms. The first-order valence-electron chi connectivity index (χ1n) is 4.17. The highest BCUT2D eigenvalue weighted by Crippen LogP contribution is 2.14. The summed E-state index contributed by atoms with van der Waals surface area (Å²) in [4.78, 5) is 24.4. The predicted octanol–water partition coefficient (Wildman–Crippen LogP) is 0.275. The Bertz CT molecular complexity index is 393. The zero-order valence-corrected chi connectivity index (χ0v) is 8.01. The normalized spacial score (nSPS) is 11.8. The van der Waals surface area contributed by atoms with E-state index < -0.39 is 16.9 Å². The maximum atomic E-state index is 10.7. The van der Waals surface area contributed by atoms with Crippen molar-refractivity contribution >= 4 is 17.4 Å². The molecule has 80 valence electrons. The Kier molecular flexibility index (Phi) is 3.17. The highest BCUT2D eigenvalue weighted by atomic mass is 16.6. The molecule has 0 aliphatic rings. The first-order valence-corrected chi connectivity index (χ1v) is 4.17. The Morgan fingerprint density at radius 3 is 2.93 bits per heavy atom. The second-order valence-electron chi connectivity index (χ2n) is 2.92. The Hall–Kier alpha value is -2.18. The van der Waals surface area contributed by atoms with Crippen molar-refractivity contribution < 1.29 is 9.72 Å². The minimum absolute atomic E-state index is 0.0934. The van der Waals surface area contributed by atoms with Crippen molar-refractivity contribution in [2.45, 2.75) is 13.0 Å². The van der Waals surface area contributed by atoms with Gasteiger partial charge in [0.05, 0.1) is 11.0 Å². The Morgan fingerprint density at radius 2 is 2.40 bits per heavy atom. The summed E-state index contributed by atoms with van der Waals surface area (Å²) < 4.78 is 0. The standard InChI is InChI=1S/C8H10N4O3/c1-5(8(9)13)11-7-4-6(12(14)15)2-3-10-7/h2-5H,1H3,(H2,9,13)(H,10,11). The van der Waals surface area contributed by atoms with E-state index >= 15 is 0 Å². The molecule has 1 unspecified atom stereocenters. The van der Waals surface area contributed by atoms with Crippen molar-refractivity contribution in [2.24, 2.45) is 5.73 Å². The molecule has 0 aromatic carbocycles. The van der Waals surface area contributed by atoms with Gasteiger partial charge < -0.3 is 11.1 Å². The van der Waals surface area contributed by atoms with Crippen LogP contribution in [0.2, 0.25) is 0 Å². The van der Waals surface area contributed by atoms with Crippen LogP contribution in [-0.4, -0.2) is 21.9 Å². The fraction of sp³-hybridized carbons (Fsp3) is 0.250. The van der Waals surface area contributed by atoms with Crippen molar-refractivity contribution in [3.8, 4) is 0 Å². The number of hydrogen-bond acceptors (Lipinski definition) is 5. The van der Waals surface area contributed by atoms with Crippen LogP contribution < -0.4 is 11.1 Å². The Labute approximate surface area is 85.5 Å². The number of carbonyl (C=O) groups is 1. The third kappa shape index (κ3) is 2.90. The number of amides is 1. The average molecular weight is 210 g/mol. The number of nitrogens with one attached hydrogen (secondary N) is 1. The van der Waals surface area contributed by atoms with Gasteiger partial charge in [-0.15, -0.1) is 0 Å². The van der Waals surface area contributed by atoms with Gasteiger partial charge in [-0.1, -0.05) is 0 Å². The molecule has 0 radical (unpaired) electrons. The molecule has 0 aliphatic carbocycles. The van der Waals surface area contributed by atoms with Gasteiger partial charge in [-0.25, -0.2) is 4.98 Å². The lowest BCUT2D eigenvalue weighted by Gasteiger charge is -2.09. The van der Waals surface area contributed by atoms with Gasteiger partial charge in [-0.05, 0) is 6.92 Å². The third-order valence-electron chi connectivity index (χ3n) is 1.75. The molecule has 0 fully saturated rings. The molecular weight excluding hydrogens is 200 g/mol. The van der Waals surface area contributed by atoms with Crippen molar-refractivity contribution in [2.75, 3.05) is 5.32 Å². The SMILES string of the molecule is CC(Nc1cc([N+](=O)[O-])ccn1)C(N)=O. The smallest absolute Gasteiger partial charge is 0.274 e. The maximum Gasteiger partial charge on any atom is 0.274 e. The van der Waals surface area contributed by atoms with E-state index in [2.05, 4.69) is 10.3 Å². The number of carbonyl (C=O) groups excluding carboxylic acids is 1. The van der Waals surface area contributed by atoms with Crippen LogP contribution in [0.1, 0.15) is 6.92 Å². The molecule has 0 aliphatic heterocycles. The molecule has 7 nitrogen and oxygen atoms in total. The molecule has 1 amide bonds. The van der Waals surface area contributed by atoms with Crippen LogP contribution >= 0.6 is 0 Å². The molecule has 0 saturated carbocycles. The van der Waals surface area contributed by atoms with Crippen LogP contribution in [-0.2, 0) is 4.79 Å². The maximum absolute atomic E-state index is 10.7. The molecule has 1 aromatic rings. The van der Waals surface area contributed by atoms with Gasteiger partial charge in [0, 0.05) is 12.3 Å². The molecule has 0 bridgehead atoms. The Balaban J connectivity index is 2.82. The summed E-state index contributed by atoms with van der Waals surface area (Å²) in [6.45, 7) is 1.54. The first-order chi connectivity index (χ1) is 7.00. The molecule has 3 N–H and O–H groups in total. The molecular formula is C8H10N4O3. The van der Waals surface area contributed by atoms with Gasteiger partial charge in [-0.3, -0.25) is 14.9 Å². The van der Waals surface area contributed by atoms with Gasteiger partial charge in [0.2, 0.25) is 5.91 Å². The molecule has 15 heavy (non-hydrogen) atoms. The number of hydrogen-bond donors (Lipinski definition) is 2. The minimum atomic E-state index is -0.625. The van der Waals surface area contributed by atoms with Gasteiger partial charge in [0.1, 0.15) is 11.9 Å². The lowest BCUT2D eigenvalue weighted by atomic mass is 10.3. The number of nitrogens with two attached hydrogens (primary N) is 1. The van der Waals surface area contributed by atoms with E-state index in [1.807, 2.05) is 0 Å². The highest BCUT2D eigenvalue weighted by molar-refractivity contribution is 5.82. The summed E-state index contributed by atoms with van der Waals surface area (Å²) in [5.74, 6) is -0.307. The summed E-state index contributed by atoms with van der Waals surface area (Å²) in [6, 6.07) is 1.87. The van der Waals surface area contributed by atoms with Crippen molar-refractivity contribution in [1.82, 2.24) is 4.98 Å². The van der Waals surface area contributed by atoms with Crippen LogP contribution in [0.4, 0.5) is 11.5 Å². The number of aromatic nitrogens is 1. The minimum Gasteiger partial charge on any atom is -0.368 e. The molecule has 1 aromatic heterocycles. The van der Waals surface area contributed by atoms with Crippen LogP contribution in [0, 0.1) is 10.1 Å². The monoisotopic (exact) mass is 210 g/mol. The topological polar surface area (TPSA) is 111 Å². The second kappa shape index (κ2) is 4.36. The van der Waals surface area contributed by atoms with E-state index in [1.54, 1.807) is 6.92 Å². The lowest BCUT2D eigenvalue weighted by Crippen LogP contribution is -2.32. The fourth-order valence-electron chi connectivity index (χ4n) is 0.905. The van der Waals surface area contributed by atoms with E-state index in [4.69, 9.17) is 5.73 Å². The number of rotatable bonds is 4. The van der Waals surface area contributed by atoms with E-state index in [9.17, 15) is 14.9 Å². The van der Waals surface area contributed by atoms with Crippen LogP contribution in [0.3, 0.4) is 0 Å². The lowest BCUT2D eigenvalue weighted by molar-refractivity contribution is -0.384. The first kappa shape index (κ1) is 10.9. The van der Waals surface area contributed by atoms with E-state index in [0.717, 1.165) is 0 Å². The van der Waals surface area contributed by atoms with Crippen LogP contribution in [0.5, 0.6) is 0 Å². The number of pyridine rings is 1. The Morgan fingerprint density at radius 1 is 1.73 bits per heavy atom. The molecule has 1 heterocycles. The quantitative estimate of drug-likeness (QED) is 0.547. The largest absolute Gasteiger partial charge is 0.368 e. The highest BCUT2D eigenvalue weighted by Gasteiger charge is 2.11. The predicted molar refractivity (Wildman–Crippen MR) is 53.2 cm³/mol. The van der Waals surface area contributed by atoms with Crippen LogP contribution in [0.15, 0.2) is 18.3 Å². The van der Waals surface area contributed by atoms with E-state index in [1.165, 1.54) is 18.3 Å². The number of anilines is 1. The number of primary amides is 1.